The topological polar surface area (TPSA) is 42.8 Å². The number of carbonyl (C=O) groups excluding carboxylic acids is 1. The van der Waals surface area contributed by atoms with E-state index in [1.165, 1.54) is 16.0 Å². The number of rotatable bonds is 8. The van der Waals surface area contributed by atoms with E-state index in [9.17, 15) is 4.79 Å². The maximum Gasteiger partial charge on any atom is 0.230 e. The molecule has 4 nitrogen and oxygen atoms in total. The van der Waals surface area contributed by atoms with Crippen LogP contribution in [0.3, 0.4) is 0 Å². The van der Waals surface area contributed by atoms with E-state index in [-0.39, 0.29) is 18.0 Å². The van der Waals surface area contributed by atoms with Gasteiger partial charge in [0, 0.05) is 11.3 Å². The van der Waals surface area contributed by atoms with E-state index in [0.717, 1.165) is 32.1 Å². The number of amides is 1. The van der Waals surface area contributed by atoms with Gasteiger partial charge in [0.2, 0.25) is 5.91 Å². The van der Waals surface area contributed by atoms with Crippen molar-refractivity contribution < 1.29 is 14.4 Å². The molecule has 144 valence electrons. The van der Waals surface area contributed by atoms with Crippen LogP contribution in [0.1, 0.15) is 24.1 Å². The van der Waals surface area contributed by atoms with Gasteiger partial charge in [0.15, 0.2) is 0 Å². The zero-order valence-electron chi connectivity index (χ0n) is 15.9. The van der Waals surface area contributed by atoms with Gasteiger partial charge in [0.1, 0.15) is 19.1 Å². The molecule has 5 heteroatoms. The van der Waals surface area contributed by atoms with E-state index in [4.69, 9.17) is 4.74 Å². The fourth-order valence-corrected chi connectivity index (χ4v) is 4.50. The number of ether oxygens (including phenoxy) is 1. The number of quaternary nitrogens is 1. The molecular formula is C22H29N2O2S+. The zero-order valence-corrected chi connectivity index (χ0v) is 16.7. The average molecular weight is 386 g/mol. The number of hydrogen-bond donors (Lipinski definition) is 2. The van der Waals surface area contributed by atoms with E-state index < -0.39 is 0 Å². The van der Waals surface area contributed by atoms with E-state index in [2.05, 4.69) is 48.6 Å². The first-order valence-corrected chi connectivity index (χ1v) is 10.8. The van der Waals surface area contributed by atoms with Crippen molar-refractivity contribution in [2.45, 2.75) is 24.8 Å². The lowest BCUT2D eigenvalue weighted by atomic mass is 9.98. The number of benzene rings is 2. The Morgan fingerprint density at radius 3 is 2.37 bits per heavy atom. The number of thioether (sulfide) groups is 1. The molecule has 0 bridgehead atoms. The molecule has 0 spiro atoms. The third-order valence-electron chi connectivity index (χ3n) is 4.97. The Hall–Kier alpha value is -1.82. The molecule has 0 unspecified atom stereocenters. The molecule has 27 heavy (non-hydrogen) atoms. The number of hydrogen-bond acceptors (Lipinski definition) is 3. The molecule has 0 radical (unpaired) electrons. The smallest absolute Gasteiger partial charge is 0.230 e. The van der Waals surface area contributed by atoms with Gasteiger partial charge in [-0.3, -0.25) is 4.79 Å². The quantitative estimate of drug-likeness (QED) is 0.731. The summed E-state index contributed by atoms with van der Waals surface area (Å²) in [6, 6.07) is 21.1. The molecule has 1 saturated heterocycles. The molecule has 1 aliphatic heterocycles. The first kappa shape index (κ1) is 19.9. The van der Waals surface area contributed by atoms with Crippen LogP contribution >= 0.6 is 11.8 Å². The lowest BCUT2D eigenvalue weighted by Crippen LogP contribution is -3.15. The Morgan fingerprint density at radius 1 is 1.07 bits per heavy atom. The van der Waals surface area contributed by atoms with Crippen molar-refractivity contribution in [2.75, 3.05) is 32.1 Å². The lowest BCUT2D eigenvalue weighted by molar-refractivity contribution is -0.940. The van der Waals surface area contributed by atoms with Crippen LogP contribution in [0, 0.1) is 0 Å². The molecule has 1 aliphatic rings. The van der Waals surface area contributed by atoms with Gasteiger partial charge >= 0.3 is 0 Å². The second-order valence-electron chi connectivity index (χ2n) is 6.99. The summed E-state index contributed by atoms with van der Waals surface area (Å²) in [5.41, 5.74) is 2.53. The molecule has 2 atom stereocenters. The van der Waals surface area contributed by atoms with Crippen molar-refractivity contribution in [2.24, 2.45) is 0 Å². The zero-order chi connectivity index (χ0) is 18.9. The summed E-state index contributed by atoms with van der Waals surface area (Å²) in [6.45, 7) is 5.64. The first-order chi connectivity index (χ1) is 13.2. The van der Waals surface area contributed by atoms with Crippen LogP contribution in [0.4, 0.5) is 0 Å². The molecule has 1 fully saturated rings. The fourth-order valence-electron chi connectivity index (χ4n) is 3.70. The standard InChI is InChI=1S/C22H28N2O2S/c1-18(23-21(25)17-27-16-19-8-4-2-5-9-19)22(20-10-6-3-7-11-20)24-12-14-26-15-13-24/h2-11,18,22H,12-17H2,1H3,(H,23,25)/p+1/t18-,22-/m1/s1. The van der Waals surface area contributed by atoms with Gasteiger partial charge in [0.05, 0.1) is 25.0 Å². The maximum atomic E-state index is 12.5. The summed E-state index contributed by atoms with van der Waals surface area (Å²) in [7, 11) is 0. The maximum absolute atomic E-state index is 12.5. The number of nitrogens with one attached hydrogen (secondary N) is 2. The van der Waals surface area contributed by atoms with Crippen LogP contribution in [-0.4, -0.2) is 44.0 Å². The van der Waals surface area contributed by atoms with Gasteiger partial charge in [-0.15, -0.1) is 11.8 Å². The van der Waals surface area contributed by atoms with Gasteiger partial charge in [0.25, 0.3) is 0 Å². The van der Waals surface area contributed by atoms with Crippen LogP contribution in [0.2, 0.25) is 0 Å². The highest BCUT2D eigenvalue weighted by Gasteiger charge is 2.32. The Bertz CT molecular complexity index is 690. The Labute approximate surface area is 166 Å². The second kappa shape index (κ2) is 10.5. The molecular weight excluding hydrogens is 356 g/mol. The second-order valence-corrected chi connectivity index (χ2v) is 7.98. The predicted molar refractivity (Wildman–Crippen MR) is 111 cm³/mol. The van der Waals surface area contributed by atoms with Gasteiger partial charge in [-0.05, 0) is 12.5 Å². The molecule has 0 saturated carbocycles. The highest BCUT2D eigenvalue weighted by molar-refractivity contribution is 7.99. The molecule has 0 aliphatic carbocycles. The van der Waals surface area contributed by atoms with Crippen LogP contribution in [0.15, 0.2) is 60.7 Å². The van der Waals surface area contributed by atoms with Crippen molar-refractivity contribution in [1.82, 2.24) is 5.32 Å². The minimum atomic E-state index is 0.0744. The monoisotopic (exact) mass is 385 g/mol. The summed E-state index contributed by atoms with van der Waals surface area (Å²) in [4.78, 5) is 14.0. The molecule has 2 N–H and O–H groups in total. The third kappa shape index (κ3) is 6.09. The Balaban J connectivity index is 1.56. The lowest BCUT2D eigenvalue weighted by Gasteiger charge is -2.35. The van der Waals surface area contributed by atoms with E-state index >= 15 is 0 Å². The highest BCUT2D eigenvalue weighted by Crippen LogP contribution is 2.15. The van der Waals surface area contributed by atoms with Crippen LogP contribution in [0.25, 0.3) is 0 Å². The minimum Gasteiger partial charge on any atom is -0.370 e. The summed E-state index contributed by atoms with van der Waals surface area (Å²) in [5.74, 6) is 1.45. The fraction of sp³-hybridized carbons (Fsp3) is 0.409. The normalized spacial score (nSPS) is 17.2. The summed E-state index contributed by atoms with van der Waals surface area (Å²) in [5, 5.41) is 3.24. The van der Waals surface area contributed by atoms with Crippen LogP contribution < -0.4 is 10.2 Å². The van der Waals surface area contributed by atoms with Crippen LogP contribution in [-0.2, 0) is 15.3 Å². The SMILES string of the molecule is C[C@@H](NC(=O)CSCc1ccccc1)[C@H](c1ccccc1)[NH+]1CCOCC1. The largest absolute Gasteiger partial charge is 0.370 e. The van der Waals surface area contributed by atoms with E-state index in [0.29, 0.717) is 5.75 Å². The van der Waals surface area contributed by atoms with Crippen molar-refractivity contribution in [1.29, 1.82) is 0 Å². The molecule has 2 aromatic carbocycles. The van der Waals surface area contributed by atoms with Crippen molar-refractivity contribution in [3.63, 3.8) is 0 Å². The minimum absolute atomic E-state index is 0.0744. The first-order valence-electron chi connectivity index (χ1n) is 9.62. The number of morpholine rings is 1. The summed E-state index contributed by atoms with van der Waals surface area (Å²) < 4.78 is 5.53. The van der Waals surface area contributed by atoms with Crippen molar-refractivity contribution >= 4 is 17.7 Å². The van der Waals surface area contributed by atoms with Gasteiger partial charge in [-0.25, -0.2) is 0 Å². The van der Waals surface area contributed by atoms with Crippen LogP contribution in [0.5, 0.6) is 0 Å². The predicted octanol–water partition coefficient (Wildman–Crippen LogP) is 2.08. The third-order valence-corrected chi connectivity index (χ3v) is 5.97. The number of carbonyl (C=O) groups is 1. The van der Waals surface area contributed by atoms with Gasteiger partial charge < -0.3 is 15.0 Å². The summed E-state index contributed by atoms with van der Waals surface area (Å²) >= 11 is 1.66. The highest BCUT2D eigenvalue weighted by atomic mass is 32.2. The van der Waals surface area contributed by atoms with E-state index in [1.54, 1.807) is 11.8 Å². The van der Waals surface area contributed by atoms with Gasteiger partial charge in [-0.1, -0.05) is 60.7 Å². The van der Waals surface area contributed by atoms with Gasteiger partial charge in [-0.2, -0.15) is 0 Å². The molecule has 2 aromatic rings. The molecule has 0 aromatic heterocycles. The molecule has 1 heterocycles. The van der Waals surface area contributed by atoms with E-state index in [1.807, 2.05) is 24.3 Å². The van der Waals surface area contributed by atoms with Crippen molar-refractivity contribution in [3.8, 4) is 0 Å². The average Bonchev–Trinajstić information content (AvgIpc) is 2.70. The Morgan fingerprint density at radius 2 is 1.70 bits per heavy atom. The van der Waals surface area contributed by atoms with Crippen molar-refractivity contribution in [3.05, 3.63) is 71.8 Å². The summed E-state index contributed by atoms with van der Waals surface area (Å²) in [6.07, 6.45) is 0. The molecule has 1 amide bonds. The Kier molecular flexibility index (Phi) is 7.75. The molecule has 3 rings (SSSR count).